The van der Waals surface area contributed by atoms with Crippen LogP contribution >= 0.6 is 23.2 Å². The molecule has 1 heterocycles. The van der Waals surface area contributed by atoms with Gasteiger partial charge in [-0.1, -0.05) is 35.3 Å². The minimum absolute atomic E-state index is 0.173. The van der Waals surface area contributed by atoms with Gasteiger partial charge in [0.15, 0.2) is 0 Å². The molecule has 3 aromatic rings. The fourth-order valence-electron chi connectivity index (χ4n) is 2.37. The van der Waals surface area contributed by atoms with Crippen LogP contribution in [0.15, 0.2) is 55.1 Å². The van der Waals surface area contributed by atoms with Gasteiger partial charge in [-0.15, -0.1) is 0 Å². The van der Waals surface area contributed by atoms with E-state index in [1.54, 1.807) is 47.3 Å². The summed E-state index contributed by atoms with van der Waals surface area (Å²) >= 11 is 11.8. The topological polar surface area (TPSA) is 46.9 Å². The van der Waals surface area contributed by atoms with E-state index >= 15 is 0 Å². The van der Waals surface area contributed by atoms with Crippen LogP contribution in [-0.4, -0.2) is 15.5 Å². The Morgan fingerprint density at radius 1 is 1.12 bits per heavy atom. The highest BCUT2D eigenvalue weighted by atomic mass is 35.5. The van der Waals surface area contributed by atoms with Gasteiger partial charge >= 0.3 is 0 Å². The number of carbonyl (C=O) groups is 1. The van der Waals surface area contributed by atoms with Crippen LogP contribution in [-0.2, 0) is 17.8 Å². The molecule has 25 heavy (non-hydrogen) atoms. The highest BCUT2D eigenvalue weighted by molar-refractivity contribution is 6.42. The third kappa shape index (κ3) is 4.38. The van der Waals surface area contributed by atoms with Crippen molar-refractivity contribution in [1.29, 1.82) is 0 Å². The Balaban J connectivity index is 1.60. The Kier molecular flexibility index (Phi) is 5.36. The monoisotopic (exact) mass is 377 g/mol. The van der Waals surface area contributed by atoms with E-state index in [1.807, 2.05) is 0 Å². The molecule has 0 aliphatic carbocycles. The second-order valence-corrected chi connectivity index (χ2v) is 6.27. The maximum atomic E-state index is 14.2. The Hall–Kier alpha value is -2.37. The lowest BCUT2D eigenvalue weighted by molar-refractivity contribution is -0.120. The lowest BCUT2D eigenvalue weighted by Gasteiger charge is -2.09. The van der Waals surface area contributed by atoms with Gasteiger partial charge in [-0.25, -0.2) is 9.37 Å². The second-order valence-electron chi connectivity index (χ2n) is 5.46. The normalized spacial score (nSPS) is 10.7. The molecule has 0 atom stereocenters. The van der Waals surface area contributed by atoms with Gasteiger partial charge in [-0.05, 0) is 35.4 Å². The summed E-state index contributed by atoms with van der Waals surface area (Å²) in [5.74, 6) is -0.563. The number of hydrogen-bond acceptors (Lipinski definition) is 2. The quantitative estimate of drug-likeness (QED) is 0.724. The smallest absolute Gasteiger partial charge is 0.224 e. The van der Waals surface area contributed by atoms with Crippen LogP contribution in [0.2, 0.25) is 10.0 Å². The van der Waals surface area contributed by atoms with E-state index in [-0.39, 0.29) is 24.7 Å². The predicted octanol–water partition coefficient (Wildman–Crippen LogP) is 4.18. The van der Waals surface area contributed by atoms with Gasteiger partial charge in [0, 0.05) is 18.9 Å². The van der Waals surface area contributed by atoms with Gasteiger partial charge in [0.1, 0.15) is 5.82 Å². The lowest BCUT2D eigenvalue weighted by Crippen LogP contribution is -2.24. The zero-order valence-electron chi connectivity index (χ0n) is 13.0. The van der Waals surface area contributed by atoms with Crippen LogP contribution in [0.3, 0.4) is 0 Å². The molecule has 1 N–H and O–H groups in total. The fraction of sp³-hybridized carbons (Fsp3) is 0.111. The predicted molar refractivity (Wildman–Crippen MR) is 95.5 cm³/mol. The van der Waals surface area contributed by atoms with Gasteiger partial charge < -0.3 is 9.88 Å². The average molecular weight is 378 g/mol. The molecule has 7 heteroatoms. The zero-order valence-corrected chi connectivity index (χ0v) is 14.6. The molecule has 2 aromatic carbocycles. The summed E-state index contributed by atoms with van der Waals surface area (Å²) in [6, 6.07) is 9.86. The van der Waals surface area contributed by atoms with Crippen molar-refractivity contribution >= 4 is 29.1 Å². The van der Waals surface area contributed by atoms with E-state index in [2.05, 4.69) is 10.3 Å². The summed E-state index contributed by atoms with van der Waals surface area (Å²) in [6.45, 7) is 0.237. The van der Waals surface area contributed by atoms with Crippen LogP contribution < -0.4 is 5.32 Å². The summed E-state index contributed by atoms with van der Waals surface area (Å²) < 4.78 is 15.8. The van der Waals surface area contributed by atoms with Gasteiger partial charge in [-0.3, -0.25) is 4.79 Å². The number of nitrogens with one attached hydrogen (secondary N) is 1. The average Bonchev–Trinajstić information content (AvgIpc) is 3.11. The largest absolute Gasteiger partial charge is 0.352 e. The van der Waals surface area contributed by atoms with Gasteiger partial charge in [-0.2, -0.15) is 0 Å². The van der Waals surface area contributed by atoms with E-state index < -0.39 is 0 Å². The number of aromatic nitrogens is 2. The number of amides is 1. The van der Waals surface area contributed by atoms with Crippen LogP contribution in [0.1, 0.15) is 11.1 Å². The van der Waals surface area contributed by atoms with Gasteiger partial charge in [0.2, 0.25) is 5.91 Å². The van der Waals surface area contributed by atoms with Crippen molar-refractivity contribution in [1.82, 2.24) is 14.9 Å². The number of rotatable bonds is 5. The summed E-state index contributed by atoms with van der Waals surface area (Å²) in [5, 5.41) is 3.61. The molecule has 0 unspecified atom stereocenters. The summed E-state index contributed by atoms with van der Waals surface area (Å²) in [5.41, 5.74) is 1.83. The molecular weight excluding hydrogens is 364 g/mol. The lowest BCUT2D eigenvalue weighted by atomic mass is 10.1. The van der Waals surface area contributed by atoms with Crippen LogP contribution in [0.5, 0.6) is 0 Å². The Morgan fingerprint density at radius 2 is 1.92 bits per heavy atom. The van der Waals surface area contributed by atoms with Crippen molar-refractivity contribution in [2.24, 2.45) is 0 Å². The first-order valence-electron chi connectivity index (χ1n) is 7.50. The second kappa shape index (κ2) is 7.68. The molecule has 0 radical (unpaired) electrons. The third-order valence-corrected chi connectivity index (χ3v) is 4.37. The van der Waals surface area contributed by atoms with Crippen molar-refractivity contribution in [3.63, 3.8) is 0 Å². The summed E-state index contributed by atoms with van der Waals surface area (Å²) in [4.78, 5) is 15.9. The van der Waals surface area contributed by atoms with E-state index in [0.29, 0.717) is 21.3 Å². The molecular formula is C18H14Cl2FN3O. The molecule has 0 bridgehead atoms. The minimum atomic E-state index is -0.380. The SMILES string of the molecule is O=C(Cc1ccc(Cl)c(Cl)c1)NCc1ccc(-n2ccnc2)c(F)c1. The molecule has 0 fully saturated rings. The number of hydrogen-bond donors (Lipinski definition) is 1. The maximum Gasteiger partial charge on any atom is 0.224 e. The van der Waals surface area contributed by atoms with E-state index in [4.69, 9.17) is 23.2 Å². The van der Waals surface area contributed by atoms with Crippen molar-refractivity contribution in [3.8, 4) is 5.69 Å². The Bertz CT molecular complexity index is 897. The molecule has 0 aliphatic heterocycles. The van der Waals surface area contributed by atoms with Gasteiger partial charge in [0.05, 0.1) is 28.5 Å². The van der Waals surface area contributed by atoms with Crippen LogP contribution in [0, 0.1) is 5.82 Å². The molecule has 0 saturated carbocycles. The molecule has 128 valence electrons. The van der Waals surface area contributed by atoms with E-state index in [9.17, 15) is 9.18 Å². The summed E-state index contributed by atoms with van der Waals surface area (Å²) in [7, 11) is 0. The number of nitrogens with zero attached hydrogens (tertiary/aromatic N) is 2. The molecule has 4 nitrogen and oxygen atoms in total. The molecule has 0 spiro atoms. The van der Waals surface area contributed by atoms with Crippen LogP contribution in [0.25, 0.3) is 5.69 Å². The highest BCUT2D eigenvalue weighted by Crippen LogP contribution is 2.22. The molecule has 1 amide bonds. The van der Waals surface area contributed by atoms with Crippen LogP contribution in [0.4, 0.5) is 4.39 Å². The van der Waals surface area contributed by atoms with Crippen molar-refractivity contribution in [2.75, 3.05) is 0 Å². The number of benzene rings is 2. The Morgan fingerprint density at radius 3 is 2.60 bits per heavy atom. The van der Waals surface area contributed by atoms with Gasteiger partial charge in [0.25, 0.3) is 0 Å². The van der Waals surface area contributed by atoms with Crippen molar-refractivity contribution < 1.29 is 9.18 Å². The first-order chi connectivity index (χ1) is 12.0. The zero-order chi connectivity index (χ0) is 17.8. The molecule has 1 aromatic heterocycles. The number of halogens is 3. The van der Waals surface area contributed by atoms with Crippen molar-refractivity contribution in [3.05, 3.63) is 82.1 Å². The third-order valence-electron chi connectivity index (χ3n) is 3.63. The van der Waals surface area contributed by atoms with Crippen molar-refractivity contribution in [2.45, 2.75) is 13.0 Å². The number of carbonyl (C=O) groups excluding carboxylic acids is 1. The molecule has 0 aliphatic rings. The summed E-state index contributed by atoms with van der Waals surface area (Å²) in [6.07, 6.45) is 4.94. The van der Waals surface area contributed by atoms with E-state index in [1.165, 1.54) is 12.4 Å². The highest BCUT2D eigenvalue weighted by Gasteiger charge is 2.08. The number of imidazole rings is 1. The minimum Gasteiger partial charge on any atom is -0.352 e. The first kappa shape index (κ1) is 17.5. The maximum absolute atomic E-state index is 14.2. The molecule has 0 saturated heterocycles. The fourth-order valence-corrected chi connectivity index (χ4v) is 2.69. The Labute approximate surface area is 154 Å². The van der Waals surface area contributed by atoms with E-state index in [0.717, 1.165) is 5.56 Å². The first-order valence-corrected chi connectivity index (χ1v) is 8.26. The molecule has 3 rings (SSSR count). The standard InChI is InChI=1S/C18H14Cl2FN3O/c19-14-3-1-12(7-15(14)20)9-18(25)23-10-13-2-4-17(16(21)8-13)24-6-5-22-11-24/h1-8,11H,9-10H2,(H,23,25).